The summed E-state index contributed by atoms with van der Waals surface area (Å²) >= 11 is 2.09. The van der Waals surface area contributed by atoms with Gasteiger partial charge in [0.15, 0.2) is 11.5 Å². The lowest BCUT2D eigenvalue weighted by Crippen LogP contribution is -2.07. The van der Waals surface area contributed by atoms with Crippen molar-refractivity contribution in [2.75, 3.05) is 24.9 Å². The van der Waals surface area contributed by atoms with E-state index in [2.05, 4.69) is 49.8 Å². The van der Waals surface area contributed by atoms with E-state index in [1.54, 1.807) is 50.7 Å². The van der Waals surface area contributed by atoms with Crippen molar-refractivity contribution >= 4 is 45.8 Å². The summed E-state index contributed by atoms with van der Waals surface area (Å²) in [6.07, 6.45) is 2.84. The largest absolute Gasteiger partial charge is 0.493 e. The maximum Gasteiger partial charge on any atom is 0.247 e. The molecule has 154 valence electrons. The first kappa shape index (κ1) is 21.4. The van der Waals surface area contributed by atoms with Gasteiger partial charge in [-0.25, -0.2) is 4.98 Å². The smallest absolute Gasteiger partial charge is 0.247 e. The summed E-state index contributed by atoms with van der Waals surface area (Å²) in [5.74, 6) is 2.02. The molecule has 0 aliphatic carbocycles. The first-order valence-corrected chi connectivity index (χ1v) is 9.83. The van der Waals surface area contributed by atoms with Gasteiger partial charge in [0.1, 0.15) is 5.75 Å². The molecule has 0 saturated heterocycles. The van der Waals surface area contributed by atoms with E-state index in [9.17, 15) is 4.79 Å². The number of aromatic nitrogens is 2. The van der Waals surface area contributed by atoms with Gasteiger partial charge in [0.25, 0.3) is 0 Å². The van der Waals surface area contributed by atoms with E-state index in [4.69, 9.17) is 14.2 Å². The molecule has 0 fully saturated rings. The molecule has 0 aliphatic rings. The van der Waals surface area contributed by atoms with E-state index in [1.807, 2.05) is 12.1 Å². The average molecular weight is 518 g/mol. The van der Waals surface area contributed by atoms with Crippen molar-refractivity contribution in [2.24, 2.45) is 0 Å². The summed E-state index contributed by atoms with van der Waals surface area (Å²) in [6.45, 7) is 3.44. The van der Waals surface area contributed by atoms with Crippen LogP contribution in [0.2, 0.25) is 0 Å². The highest BCUT2D eigenvalue weighted by Crippen LogP contribution is 2.36. The molecule has 1 aromatic heterocycles. The number of methoxy groups -OCH3 is 2. The highest BCUT2D eigenvalue weighted by molar-refractivity contribution is 14.1. The van der Waals surface area contributed by atoms with Gasteiger partial charge in [0, 0.05) is 18.0 Å². The Kier molecular flexibility index (Phi) is 7.07. The zero-order valence-electron chi connectivity index (χ0n) is 16.3. The van der Waals surface area contributed by atoms with Gasteiger partial charge in [-0.15, -0.1) is 0 Å². The lowest BCUT2D eigenvalue weighted by atomic mass is 10.2. The number of nitrogens with one attached hydrogen (secondary N) is 2. The molecular formula is C21H19IN4O4. The minimum Gasteiger partial charge on any atom is -0.493 e. The Hall–Kier alpha value is -3.34. The summed E-state index contributed by atoms with van der Waals surface area (Å²) < 4.78 is 17.4. The Labute approximate surface area is 187 Å². The Morgan fingerprint density at radius 3 is 2.70 bits per heavy atom. The van der Waals surface area contributed by atoms with Crippen LogP contribution in [0.3, 0.4) is 0 Å². The summed E-state index contributed by atoms with van der Waals surface area (Å²) in [5.41, 5.74) is 1.24. The lowest BCUT2D eigenvalue weighted by Gasteiger charge is -2.14. The predicted molar refractivity (Wildman–Crippen MR) is 123 cm³/mol. The monoisotopic (exact) mass is 518 g/mol. The van der Waals surface area contributed by atoms with Crippen molar-refractivity contribution in [2.45, 2.75) is 0 Å². The van der Waals surface area contributed by atoms with Crippen LogP contribution in [0.4, 0.5) is 17.3 Å². The molecular weight excluding hydrogens is 499 g/mol. The van der Waals surface area contributed by atoms with Crippen LogP contribution in [0, 0.1) is 3.57 Å². The van der Waals surface area contributed by atoms with E-state index < -0.39 is 0 Å². The van der Waals surface area contributed by atoms with Gasteiger partial charge in [0.05, 0.1) is 23.5 Å². The second-order valence-corrected chi connectivity index (χ2v) is 7.00. The van der Waals surface area contributed by atoms with Crippen molar-refractivity contribution in [3.05, 3.63) is 64.9 Å². The van der Waals surface area contributed by atoms with E-state index in [0.29, 0.717) is 40.5 Å². The first-order valence-electron chi connectivity index (χ1n) is 8.76. The molecule has 0 bridgehead atoms. The zero-order valence-corrected chi connectivity index (χ0v) is 18.5. The number of nitrogens with zero attached hydrogens (tertiary/aromatic N) is 2. The molecule has 1 heterocycles. The molecule has 0 spiro atoms. The van der Waals surface area contributed by atoms with Gasteiger partial charge >= 0.3 is 0 Å². The van der Waals surface area contributed by atoms with Gasteiger partial charge in [-0.05, 0) is 52.9 Å². The van der Waals surface area contributed by atoms with Crippen LogP contribution >= 0.6 is 22.6 Å². The molecule has 30 heavy (non-hydrogen) atoms. The number of anilines is 3. The van der Waals surface area contributed by atoms with Gasteiger partial charge in [-0.3, -0.25) is 4.79 Å². The van der Waals surface area contributed by atoms with E-state index in [0.717, 1.165) is 3.57 Å². The van der Waals surface area contributed by atoms with Crippen LogP contribution in [0.15, 0.2) is 61.3 Å². The van der Waals surface area contributed by atoms with Gasteiger partial charge < -0.3 is 24.8 Å². The third-order valence-electron chi connectivity index (χ3n) is 3.86. The highest BCUT2D eigenvalue weighted by atomic mass is 127. The normalized spacial score (nSPS) is 10.1. The zero-order chi connectivity index (χ0) is 21.5. The van der Waals surface area contributed by atoms with Crippen LogP contribution in [0.1, 0.15) is 0 Å². The topological polar surface area (TPSA) is 94.6 Å². The minimum absolute atomic E-state index is 0.303. The maximum absolute atomic E-state index is 11.5. The maximum atomic E-state index is 11.5. The van der Waals surface area contributed by atoms with Crippen molar-refractivity contribution in [1.29, 1.82) is 0 Å². The number of carbonyl (C=O) groups excluding carboxylic acids is 1. The number of para-hydroxylation sites is 1. The fourth-order valence-corrected chi connectivity index (χ4v) is 2.90. The molecule has 1 amide bonds. The van der Waals surface area contributed by atoms with Crippen molar-refractivity contribution < 1.29 is 19.0 Å². The van der Waals surface area contributed by atoms with Crippen LogP contribution < -0.4 is 24.8 Å². The summed E-state index contributed by atoms with van der Waals surface area (Å²) in [4.78, 5) is 20.3. The van der Waals surface area contributed by atoms with E-state index in [1.165, 1.54) is 6.08 Å². The second kappa shape index (κ2) is 9.92. The molecule has 0 radical (unpaired) electrons. The highest BCUT2D eigenvalue weighted by Gasteiger charge is 2.13. The van der Waals surface area contributed by atoms with E-state index in [-0.39, 0.29) is 5.91 Å². The summed E-state index contributed by atoms with van der Waals surface area (Å²) in [6, 6.07) is 12.4. The summed E-state index contributed by atoms with van der Waals surface area (Å²) in [5, 5.41) is 5.81. The Morgan fingerprint density at radius 2 is 1.97 bits per heavy atom. The van der Waals surface area contributed by atoms with Gasteiger partial charge in [0.2, 0.25) is 17.7 Å². The fraction of sp³-hybridized carbons (Fsp3) is 0.0952. The molecule has 0 saturated carbocycles. The molecule has 2 N–H and O–H groups in total. The number of hydrogen-bond acceptors (Lipinski definition) is 7. The van der Waals surface area contributed by atoms with Gasteiger partial charge in [-0.2, -0.15) is 4.98 Å². The van der Waals surface area contributed by atoms with Crippen LogP contribution in [-0.2, 0) is 4.79 Å². The first-order chi connectivity index (χ1) is 14.5. The van der Waals surface area contributed by atoms with Gasteiger partial charge in [-0.1, -0.05) is 18.7 Å². The number of halogens is 1. The van der Waals surface area contributed by atoms with Crippen molar-refractivity contribution in [1.82, 2.24) is 9.97 Å². The lowest BCUT2D eigenvalue weighted by molar-refractivity contribution is -0.111. The molecule has 8 nitrogen and oxygen atoms in total. The SMILES string of the molecule is C=CC(=O)Nc1cccc(Oc2nc(Nc3cccc(OC)c3OC)ncc2I)c1. The molecule has 3 rings (SSSR count). The standard InChI is InChI=1S/C21H19IN4O4/c1-4-18(27)24-13-7-5-8-14(11-13)30-20-15(22)12-23-21(26-20)25-16-9-6-10-17(28-2)19(16)29-3/h4-12H,1H2,2-3H3,(H,24,27)(H,23,25,26). The van der Waals surface area contributed by atoms with Crippen LogP contribution in [0.25, 0.3) is 0 Å². The van der Waals surface area contributed by atoms with Crippen LogP contribution in [0.5, 0.6) is 23.1 Å². The summed E-state index contributed by atoms with van der Waals surface area (Å²) in [7, 11) is 3.13. The fourth-order valence-electron chi connectivity index (χ4n) is 2.53. The average Bonchev–Trinajstić information content (AvgIpc) is 2.76. The van der Waals surface area contributed by atoms with Crippen molar-refractivity contribution in [3.63, 3.8) is 0 Å². The third-order valence-corrected chi connectivity index (χ3v) is 4.60. The molecule has 0 atom stereocenters. The molecule has 9 heteroatoms. The Balaban J connectivity index is 1.84. The molecule has 2 aromatic carbocycles. The Bertz CT molecular complexity index is 1070. The minimum atomic E-state index is -0.303. The number of ether oxygens (including phenoxy) is 3. The van der Waals surface area contributed by atoms with Crippen LogP contribution in [-0.4, -0.2) is 30.1 Å². The third kappa shape index (κ3) is 5.17. The number of carbonyl (C=O) groups is 1. The predicted octanol–water partition coefficient (Wildman–Crippen LogP) is 4.76. The molecule has 3 aromatic rings. The number of hydrogen-bond donors (Lipinski definition) is 2. The second-order valence-electron chi connectivity index (χ2n) is 5.84. The van der Waals surface area contributed by atoms with E-state index >= 15 is 0 Å². The quantitative estimate of drug-likeness (QED) is 0.328. The Morgan fingerprint density at radius 1 is 1.17 bits per heavy atom. The molecule has 0 unspecified atom stereocenters. The molecule has 0 aliphatic heterocycles. The number of rotatable bonds is 8. The van der Waals surface area contributed by atoms with Crippen molar-refractivity contribution in [3.8, 4) is 23.1 Å². The number of benzene rings is 2. The number of amides is 1.